The molecule has 3 aromatic rings. The first-order chi connectivity index (χ1) is 14.2. The van der Waals surface area contributed by atoms with Crippen molar-refractivity contribution < 1.29 is 13.5 Å². The van der Waals surface area contributed by atoms with Gasteiger partial charge in [-0.2, -0.15) is 0 Å². The Morgan fingerprint density at radius 3 is 1.83 bits per heavy atom. The van der Waals surface area contributed by atoms with Crippen molar-refractivity contribution in [3.63, 3.8) is 0 Å². The number of unbranched alkanes of at least 4 members (excludes halogenated alkanes) is 7. The van der Waals surface area contributed by atoms with Crippen molar-refractivity contribution in [3.05, 3.63) is 53.6 Å². The molecule has 0 fully saturated rings. The number of ether oxygens (including phenoxy) is 1. The molecule has 3 aromatic carbocycles. The standard InChI is InChI=1S/C26H32F2O/c1-3-5-6-7-8-9-10-11-12-19-13-14-20-21-17-18-24(29-4-2)26(28)23(21)16-15-22(20)25(19)27/h13-18H,3-12H2,1-2H3. The zero-order valence-electron chi connectivity index (χ0n) is 17.7. The van der Waals surface area contributed by atoms with Crippen LogP contribution in [0.5, 0.6) is 5.75 Å². The highest BCUT2D eigenvalue weighted by atomic mass is 19.1. The van der Waals surface area contributed by atoms with Crippen LogP contribution in [-0.2, 0) is 6.42 Å². The van der Waals surface area contributed by atoms with Crippen LogP contribution in [0.1, 0.15) is 70.8 Å². The van der Waals surface area contributed by atoms with Gasteiger partial charge in [0.1, 0.15) is 5.82 Å². The minimum absolute atomic E-state index is 0.165. The van der Waals surface area contributed by atoms with E-state index in [1.54, 1.807) is 18.2 Å². The van der Waals surface area contributed by atoms with Crippen LogP contribution in [0.25, 0.3) is 21.5 Å². The fraction of sp³-hybridized carbons (Fsp3) is 0.462. The maximum atomic E-state index is 15.1. The average Bonchev–Trinajstić information content (AvgIpc) is 2.73. The summed E-state index contributed by atoms with van der Waals surface area (Å²) in [6.45, 7) is 4.47. The molecule has 156 valence electrons. The minimum atomic E-state index is -0.380. The van der Waals surface area contributed by atoms with E-state index in [4.69, 9.17) is 4.74 Å². The van der Waals surface area contributed by atoms with Crippen molar-refractivity contribution in [3.8, 4) is 5.75 Å². The van der Waals surface area contributed by atoms with Crippen LogP contribution >= 0.6 is 0 Å². The predicted octanol–water partition coefficient (Wildman–Crippen LogP) is 8.35. The molecule has 0 aliphatic carbocycles. The number of aryl methyl sites for hydroxylation is 1. The molecule has 29 heavy (non-hydrogen) atoms. The fourth-order valence-corrected chi connectivity index (χ4v) is 4.08. The summed E-state index contributed by atoms with van der Waals surface area (Å²) in [6, 6.07) is 10.6. The van der Waals surface area contributed by atoms with Gasteiger partial charge >= 0.3 is 0 Å². The molecule has 3 rings (SSSR count). The van der Waals surface area contributed by atoms with Crippen LogP contribution in [0.4, 0.5) is 8.78 Å². The van der Waals surface area contributed by atoms with Gasteiger partial charge in [0, 0.05) is 10.8 Å². The largest absolute Gasteiger partial charge is 0.491 e. The second-order valence-corrected chi connectivity index (χ2v) is 7.83. The maximum Gasteiger partial charge on any atom is 0.172 e. The van der Waals surface area contributed by atoms with E-state index in [1.807, 2.05) is 25.1 Å². The Labute approximate surface area is 173 Å². The summed E-state index contributed by atoms with van der Waals surface area (Å²) in [5, 5.41) is 2.51. The Morgan fingerprint density at radius 2 is 1.17 bits per heavy atom. The highest BCUT2D eigenvalue weighted by molar-refractivity contribution is 6.08. The molecule has 0 N–H and O–H groups in total. The Morgan fingerprint density at radius 1 is 0.621 bits per heavy atom. The Bertz CT molecular complexity index is 948. The second-order valence-electron chi connectivity index (χ2n) is 7.83. The van der Waals surface area contributed by atoms with Gasteiger partial charge in [0.15, 0.2) is 11.6 Å². The van der Waals surface area contributed by atoms with E-state index in [0.29, 0.717) is 17.4 Å². The van der Waals surface area contributed by atoms with Gasteiger partial charge in [-0.05, 0) is 48.2 Å². The maximum absolute atomic E-state index is 15.1. The molecular formula is C26H32F2O. The van der Waals surface area contributed by atoms with Gasteiger partial charge in [0.25, 0.3) is 0 Å². The van der Waals surface area contributed by atoms with Crippen LogP contribution < -0.4 is 4.74 Å². The lowest BCUT2D eigenvalue weighted by Gasteiger charge is -2.12. The molecule has 0 aliphatic rings. The van der Waals surface area contributed by atoms with Crippen molar-refractivity contribution in [2.24, 2.45) is 0 Å². The van der Waals surface area contributed by atoms with E-state index in [9.17, 15) is 4.39 Å². The normalized spacial score (nSPS) is 11.4. The molecule has 0 heterocycles. The SMILES string of the molecule is CCCCCCCCCCc1ccc2c(ccc3c(F)c(OCC)ccc32)c1F. The highest BCUT2D eigenvalue weighted by Crippen LogP contribution is 2.33. The van der Waals surface area contributed by atoms with E-state index < -0.39 is 0 Å². The Kier molecular flexibility index (Phi) is 7.85. The summed E-state index contributed by atoms with van der Waals surface area (Å²) in [7, 11) is 0. The lowest BCUT2D eigenvalue weighted by molar-refractivity contribution is 0.323. The second kappa shape index (κ2) is 10.6. The minimum Gasteiger partial charge on any atom is -0.491 e. The van der Waals surface area contributed by atoms with Crippen molar-refractivity contribution in [1.29, 1.82) is 0 Å². The number of hydrogen-bond acceptors (Lipinski definition) is 1. The van der Waals surface area contributed by atoms with Crippen molar-refractivity contribution in [2.75, 3.05) is 6.61 Å². The first-order valence-electron chi connectivity index (χ1n) is 11.1. The van der Waals surface area contributed by atoms with Crippen LogP contribution in [0, 0.1) is 11.6 Å². The quantitative estimate of drug-likeness (QED) is 0.233. The molecule has 0 aromatic heterocycles. The lowest BCUT2D eigenvalue weighted by Crippen LogP contribution is -1.96. The van der Waals surface area contributed by atoms with Gasteiger partial charge in [-0.1, -0.05) is 76.1 Å². The molecule has 0 saturated heterocycles. The van der Waals surface area contributed by atoms with E-state index in [2.05, 4.69) is 6.92 Å². The summed E-state index contributed by atoms with van der Waals surface area (Å²) < 4.78 is 35.1. The predicted molar refractivity (Wildman–Crippen MR) is 119 cm³/mol. The van der Waals surface area contributed by atoms with Gasteiger partial charge in [-0.15, -0.1) is 0 Å². The molecule has 0 spiro atoms. The van der Waals surface area contributed by atoms with Gasteiger partial charge in [-0.25, -0.2) is 8.78 Å². The molecule has 0 amide bonds. The zero-order chi connectivity index (χ0) is 20.6. The van der Waals surface area contributed by atoms with Crippen molar-refractivity contribution >= 4 is 21.5 Å². The van der Waals surface area contributed by atoms with Crippen molar-refractivity contribution in [2.45, 2.75) is 71.6 Å². The molecule has 1 nitrogen and oxygen atoms in total. The number of fused-ring (bicyclic) bond motifs is 3. The number of hydrogen-bond donors (Lipinski definition) is 0. The van der Waals surface area contributed by atoms with Crippen molar-refractivity contribution in [1.82, 2.24) is 0 Å². The third kappa shape index (κ3) is 5.07. The zero-order valence-corrected chi connectivity index (χ0v) is 17.7. The fourth-order valence-electron chi connectivity index (χ4n) is 4.08. The molecule has 0 unspecified atom stereocenters. The smallest absolute Gasteiger partial charge is 0.172 e. The van der Waals surface area contributed by atoms with E-state index in [1.165, 1.54) is 38.5 Å². The van der Waals surface area contributed by atoms with Gasteiger partial charge in [-0.3, -0.25) is 0 Å². The summed E-state index contributed by atoms with van der Waals surface area (Å²) >= 11 is 0. The molecule has 0 aliphatic heterocycles. The first-order valence-corrected chi connectivity index (χ1v) is 11.1. The molecule has 0 atom stereocenters. The number of rotatable bonds is 11. The topological polar surface area (TPSA) is 9.23 Å². The van der Waals surface area contributed by atoms with Crippen LogP contribution in [0.3, 0.4) is 0 Å². The lowest BCUT2D eigenvalue weighted by atomic mass is 9.96. The number of halogens is 2. The number of benzene rings is 3. The van der Waals surface area contributed by atoms with Crippen LogP contribution in [-0.4, -0.2) is 6.61 Å². The monoisotopic (exact) mass is 398 g/mol. The molecular weight excluding hydrogens is 366 g/mol. The molecule has 0 saturated carbocycles. The average molecular weight is 399 g/mol. The summed E-state index contributed by atoms with van der Waals surface area (Å²) in [5.74, 6) is -0.303. The Hall–Kier alpha value is -2.16. The van der Waals surface area contributed by atoms with Gasteiger partial charge in [0.2, 0.25) is 0 Å². The third-order valence-electron chi connectivity index (χ3n) is 5.71. The van der Waals surface area contributed by atoms with E-state index in [-0.39, 0.29) is 17.4 Å². The van der Waals surface area contributed by atoms with Gasteiger partial charge in [0.05, 0.1) is 6.61 Å². The third-order valence-corrected chi connectivity index (χ3v) is 5.71. The van der Waals surface area contributed by atoms with E-state index >= 15 is 4.39 Å². The molecule has 0 bridgehead atoms. The molecule has 0 radical (unpaired) electrons. The summed E-state index contributed by atoms with van der Waals surface area (Å²) in [4.78, 5) is 0. The highest BCUT2D eigenvalue weighted by Gasteiger charge is 2.14. The van der Waals surface area contributed by atoms with E-state index in [0.717, 1.165) is 35.6 Å². The summed E-state index contributed by atoms with van der Waals surface area (Å²) in [5.41, 5.74) is 0.759. The van der Waals surface area contributed by atoms with Crippen LogP contribution in [0.15, 0.2) is 36.4 Å². The van der Waals surface area contributed by atoms with Crippen LogP contribution in [0.2, 0.25) is 0 Å². The van der Waals surface area contributed by atoms with Gasteiger partial charge < -0.3 is 4.74 Å². The Balaban J connectivity index is 1.71. The first kappa shape index (κ1) is 21.5. The summed E-state index contributed by atoms with van der Waals surface area (Å²) in [6.07, 6.45) is 10.7. The molecule has 3 heteroatoms.